The predicted octanol–water partition coefficient (Wildman–Crippen LogP) is 6.53. The van der Waals surface area contributed by atoms with E-state index in [1.807, 2.05) is 0 Å². The number of fused-ring (bicyclic) bond motifs is 2. The average molecular weight is 819 g/mol. The van der Waals surface area contributed by atoms with Crippen molar-refractivity contribution in [2.24, 2.45) is 40.9 Å². The molecule has 0 aromatic rings. The van der Waals surface area contributed by atoms with E-state index < -0.39 is 68.7 Å². The molecule has 4 aliphatic carbocycles. The summed E-state index contributed by atoms with van der Waals surface area (Å²) in [6, 6.07) is 0. The Labute approximate surface area is 328 Å². The fourth-order valence-corrected chi connectivity index (χ4v) is 10.6. The van der Waals surface area contributed by atoms with Crippen LogP contribution in [0.3, 0.4) is 0 Å². The van der Waals surface area contributed by atoms with Gasteiger partial charge in [-0.15, -0.1) is 0 Å². The SMILES string of the molecule is CCCC1CC(C=O)CC(C)(C(=O)OCC2OC(C3CC4CCCC(OC(=O)C(F)(F)S(=O)(=O)O)(C4)C3)OC2COC(=O)CCC(C=O)CC2CCCCC2)C1. The maximum atomic E-state index is 14.3. The van der Waals surface area contributed by atoms with Gasteiger partial charge in [-0.25, -0.2) is 4.79 Å². The number of carbonyl (C=O) groups excluding carboxylic acids is 5. The summed E-state index contributed by atoms with van der Waals surface area (Å²) in [4.78, 5) is 62.8. The van der Waals surface area contributed by atoms with E-state index in [1.54, 1.807) is 6.92 Å². The summed E-state index contributed by atoms with van der Waals surface area (Å²) in [5.41, 5.74) is -2.36. The number of esters is 3. The van der Waals surface area contributed by atoms with Crippen molar-refractivity contribution in [1.29, 1.82) is 0 Å². The largest absolute Gasteiger partial charge is 0.465 e. The van der Waals surface area contributed by atoms with Gasteiger partial charge in [-0.2, -0.15) is 17.2 Å². The van der Waals surface area contributed by atoms with Crippen LogP contribution in [0.25, 0.3) is 0 Å². The molecule has 16 heteroatoms. The molecule has 10 atom stereocenters. The normalized spacial score (nSPS) is 34.6. The number of rotatable bonds is 18. The van der Waals surface area contributed by atoms with Gasteiger partial charge in [0.05, 0.1) is 5.41 Å². The van der Waals surface area contributed by atoms with Crippen LogP contribution in [0.1, 0.15) is 136 Å². The molecule has 0 amide bonds. The van der Waals surface area contributed by atoms with Crippen molar-refractivity contribution >= 4 is 40.6 Å². The second kappa shape index (κ2) is 19.0. The van der Waals surface area contributed by atoms with Crippen molar-refractivity contribution in [3.05, 3.63) is 0 Å². The molecule has 56 heavy (non-hydrogen) atoms. The Hall–Kier alpha value is -2.56. The summed E-state index contributed by atoms with van der Waals surface area (Å²) in [5.74, 6) is -3.85. The molecule has 2 bridgehead atoms. The van der Waals surface area contributed by atoms with Crippen molar-refractivity contribution < 1.29 is 69.4 Å². The Morgan fingerprint density at radius 1 is 0.929 bits per heavy atom. The van der Waals surface area contributed by atoms with Gasteiger partial charge in [-0.3, -0.25) is 14.1 Å². The van der Waals surface area contributed by atoms with Crippen LogP contribution in [0.5, 0.6) is 0 Å². The van der Waals surface area contributed by atoms with Gasteiger partial charge in [0.2, 0.25) is 0 Å². The van der Waals surface area contributed by atoms with Gasteiger partial charge >= 0.3 is 33.3 Å². The Kier molecular flexibility index (Phi) is 15.1. The molecule has 1 aliphatic heterocycles. The van der Waals surface area contributed by atoms with Crippen LogP contribution in [-0.4, -0.2) is 86.0 Å². The highest BCUT2D eigenvalue weighted by Crippen LogP contribution is 2.51. The molecule has 0 radical (unpaired) electrons. The van der Waals surface area contributed by atoms with E-state index in [2.05, 4.69) is 6.92 Å². The zero-order valence-corrected chi connectivity index (χ0v) is 33.5. The lowest BCUT2D eigenvalue weighted by molar-refractivity contribution is -0.202. The third kappa shape index (κ3) is 11.1. The van der Waals surface area contributed by atoms with Gasteiger partial charge in [-0.1, -0.05) is 58.3 Å². The van der Waals surface area contributed by atoms with E-state index in [1.165, 1.54) is 6.42 Å². The minimum Gasteiger partial charge on any atom is -0.463 e. The number of halogens is 2. The fourth-order valence-electron chi connectivity index (χ4n) is 10.4. The summed E-state index contributed by atoms with van der Waals surface area (Å²) in [5, 5.41) is -5.15. The predicted molar refractivity (Wildman–Crippen MR) is 195 cm³/mol. The first kappa shape index (κ1) is 44.5. The highest BCUT2D eigenvalue weighted by Gasteiger charge is 2.59. The molecule has 1 saturated heterocycles. The lowest BCUT2D eigenvalue weighted by atomic mass is 9.65. The van der Waals surface area contributed by atoms with E-state index >= 15 is 0 Å². The van der Waals surface area contributed by atoms with Crippen molar-refractivity contribution in [1.82, 2.24) is 0 Å². The van der Waals surface area contributed by atoms with Crippen molar-refractivity contribution in [3.8, 4) is 0 Å². The van der Waals surface area contributed by atoms with Crippen LogP contribution < -0.4 is 0 Å². The summed E-state index contributed by atoms with van der Waals surface area (Å²) in [7, 11) is -6.07. The van der Waals surface area contributed by atoms with E-state index in [-0.39, 0.29) is 62.6 Å². The Morgan fingerprint density at radius 2 is 1.62 bits per heavy atom. The monoisotopic (exact) mass is 818 g/mol. The summed E-state index contributed by atoms with van der Waals surface area (Å²) in [6.07, 6.45) is 11.4. The summed E-state index contributed by atoms with van der Waals surface area (Å²) in [6.45, 7) is 3.34. The van der Waals surface area contributed by atoms with Gasteiger partial charge in [0.15, 0.2) is 6.29 Å². The van der Waals surface area contributed by atoms with Crippen LogP contribution in [0.15, 0.2) is 0 Å². The molecular formula is C40H60F2O13S. The van der Waals surface area contributed by atoms with Crippen LogP contribution in [0, 0.1) is 40.9 Å². The molecule has 318 valence electrons. The summed E-state index contributed by atoms with van der Waals surface area (Å²) < 4.78 is 89.6. The zero-order valence-electron chi connectivity index (χ0n) is 32.7. The van der Waals surface area contributed by atoms with Crippen LogP contribution in [0.2, 0.25) is 0 Å². The molecule has 5 rings (SSSR count). The second-order valence-corrected chi connectivity index (χ2v) is 19.1. The quantitative estimate of drug-likeness (QED) is 0.0682. The Morgan fingerprint density at radius 3 is 2.27 bits per heavy atom. The van der Waals surface area contributed by atoms with Gasteiger partial charge in [0.1, 0.15) is 43.6 Å². The standard InChI is InChI=1S/C40H60F2O13S/c1-3-8-27-16-30(23-44)19-38(2,18-27)36(46)52-25-33-32(24-51-34(45)13-12-29(22-43)15-26-9-5-4-6-10-26)53-35(54-33)31-17-28-11-7-14-39(20-28,21-31)55-37(47)40(41,42)56(48,49)50/h22-23,26-33,35H,3-21,24-25H2,1-2H3,(H,48,49,50). The highest BCUT2D eigenvalue weighted by atomic mass is 32.2. The first-order valence-electron chi connectivity index (χ1n) is 20.6. The third-order valence-electron chi connectivity index (χ3n) is 13.0. The minimum atomic E-state index is -6.07. The number of ether oxygens (including phenoxy) is 5. The Bertz CT molecular complexity index is 1500. The lowest BCUT2D eigenvalue weighted by Crippen LogP contribution is -2.51. The van der Waals surface area contributed by atoms with Crippen LogP contribution in [-0.2, 0) is 57.8 Å². The van der Waals surface area contributed by atoms with Gasteiger partial charge in [-0.05, 0) is 88.9 Å². The molecule has 1 heterocycles. The topological polar surface area (TPSA) is 186 Å². The van der Waals surface area contributed by atoms with E-state index in [9.17, 15) is 41.2 Å². The first-order chi connectivity index (χ1) is 26.5. The van der Waals surface area contributed by atoms with Gasteiger partial charge < -0.3 is 33.3 Å². The summed E-state index contributed by atoms with van der Waals surface area (Å²) >= 11 is 0. The highest BCUT2D eigenvalue weighted by molar-refractivity contribution is 7.87. The number of hydrogen-bond donors (Lipinski definition) is 1. The van der Waals surface area contributed by atoms with Crippen LogP contribution >= 0.6 is 0 Å². The third-order valence-corrected chi connectivity index (χ3v) is 13.8. The van der Waals surface area contributed by atoms with Crippen molar-refractivity contribution in [2.75, 3.05) is 13.2 Å². The van der Waals surface area contributed by atoms with Crippen molar-refractivity contribution in [3.63, 3.8) is 0 Å². The smallest absolute Gasteiger partial charge is 0.463 e. The maximum Gasteiger partial charge on any atom is 0.465 e. The van der Waals surface area contributed by atoms with Gasteiger partial charge in [0, 0.05) is 24.2 Å². The molecular weight excluding hydrogens is 758 g/mol. The average Bonchev–Trinajstić information content (AvgIpc) is 3.57. The molecule has 0 aromatic heterocycles. The number of aldehydes is 2. The molecule has 5 fully saturated rings. The van der Waals surface area contributed by atoms with Crippen molar-refractivity contribution in [2.45, 2.75) is 165 Å². The number of hydrogen-bond acceptors (Lipinski definition) is 12. The van der Waals surface area contributed by atoms with E-state index in [0.29, 0.717) is 44.4 Å². The van der Waals surface area contributed by atoms with Crippen LogP contribution in [0.4, 0.5) is 8.78 Å². The Balaban J connectivity index is 1.26. The zero-order chi connectivity index (χ0) is 40.7. The fraction of sp³-hybridized carbons (Fsp3) is 0.875. The number of carbonyl (C=O) groups is 5. The molecule has 4 saturated carbocycles. The minimum absolute atomic E-state index is 0.00146. The second-order valence-electron chi connectivity index (χ2n) is 17.7. The van der Waals surface area contributed by atoms with E-state index in [4.69, 9.17) is 28.2 Å². The first-order valence-corrected chi connectivity index (χ1v) is 22.1. The molecule has 10 unspecified atom stereocenters. The number of alkyl halides is 2. The maximum absolute atomic E-state index is 14.3. The molecule has 0 aromatic carbocycles. The molecule has 0 spiro atoms. The van der Waals surface area contributed by atoms with Gasteiger partial charge in [0.25, 0.3) is 0 Å². The molecule has 5 aliphatic rings. The molecule has 13 nitrogen and oxygen atoms in total. The lowest BCUT2D eigenvalue weighted by Gasteiger charge is -2.48. The molecule has 1 N–H and O–H groups in total. The van der Waals surface area contributed by atoms with E-state index in [0.717, 1.165) is 63.9 Å².